The molecule has 1 heteroatoms. The maximum absolute atomic E-state index is 12.7. The van der Waals surface area contributed by atoms with Crippen molar-refractivity contribution in [2.45, 2.75) is 26.2 Å². The van der Waals surface area contributed by atoms with E-state index in [1.165, 1.54) is 0 Å². The summed E-state index contributed by atoms with van der Waals surface area (Å²) in [5, 5.41) is 0. The zero-order valence-corrected chi connectivity index (χ0v) is 11.5. The lowest BCUT2D eigenvalue weighted by Crippen LogP contribution is -2.15. The van der Waals surface area contributed by atoms with Gasteiger partial charge in [0.15, 0.2) is 5.78 Å². The summed E-state index contributed by atoms with van der Waals surface area (Å²) in [6.45, 7) is 4.32. The molecule has 0 unspecified atom stereocenters. The van der Waals surface area contributed by atoms with Crippen LogP contribution in [0.3, 0.4) is 0 Å². The summed E-state index contributed by atoms with van der Waals surface area (Å²) in [6, 6.07) is 19.7. The van der Waals surface area contributed by atoms with Gasteiger partial charge in [-0.3, -0.25) is 4.79 Å². The van der Waals surface area contributed by atoms with Crippen LogP contribution in [0.25, 0.3) is 0 Å². The topological polar surface area (TPSA) is 17.1 Å². The van der Waals surface area contributed by atoms with E-state index >= 15 is 0 Å². The van der Waals surface area contributed by atoms with Crippen LogP contribution < -0.4 is 0 Å². The van der Waals surface area contributed by atoms with Crippen molar-refractivity contribution in [2.24, 2.45) is 5.92 Å². The van der Waals surface area contributed by atoms with E-state index in [0.717, 1.165) is 17.5 Å². The van der Waals surface area contributed by atoms with Gasteiger partial charge in [-0.05, 0) is 17.9 Å². The molecule has 0 radical (unpaired) electrons. The molecule has 1 nitrogen and oxygen atoms in total. The number of carbonyl (C=O) groups is 1. The van der Waals surface area contributed by atoms with E-state index in [9.17, 15) is 4.79 Å². The molecule has 0 saturated heterocycles. The van der Waals surface area contributed by atoms with Crippen LogP contribution in [0.1, 0.15) is 42.1 Å². The lowest BCUT2D eigenvalue weighted by molar-refractivity contribution is 0.0948. The SMILES string of the molecule is CC(C)C[C@@H](C(=O)c1ccccc1)c1ccccc1. The molecular weight excluding hydrogens is 232 g/mol. The Morgan fingerprint density at radius 1 is 0.895 bits per heavy atom. The lowest BCUT2D eigenvalue weighted by Gasteiger charge is -2.18. The Morgan fingerprint density at radius 2 is 1.42 bits per heavy atom. The largest absolute Gasteiger partial charge is 0.293 e. The number of hydrogen-bond acceptors (Lipinski definition) is 1. The summed E-state index contributed by atoms with van der Waals surface area (Å²) >= 11 is 0. The molecule has 0 fully saturated rings. The van der Waals surface area contributed by atoms with Crippen LogP contribution in [0, 0.1) is 5.92 Å². The van der Waals surface area contributed by atoms with Crippen LogP contribution in [0.2, 0.25) is 0 Å². The first-order valence-corrected chi connectivity index (χ1v) is 6.82. The van der Waals surface area contributed by atoms with Gasteiger partial charge < -0.3 is 0 Å². The molecule has 0 aromatic heterocycles. The van der Waals surface area contributed by atoms with E-state index < -0.39 is 0 Å². The molecule has 2 rings (SSSR count). The first-order valence-electron chi connectivity index (χ1n) is 6.82. The van der Waals surface area contributed by atoms with Gasteiger partial charge in [0, 0.05) is 11.5 Å². The third-order valence-corrected chi connectivity index (χ3v) is 3.28. The first-order chi connectivity index (χ1) is 9.18. The number of ketones is 1. The van der Waals surface area contributed by atoms with Gasteiger partial charge in [-0.25, -0.2) is 0 Å². The van der Waals surface area contributed by atoms with E-state index in [2.05, 4.69) is 13.8 Å². The second-order valence-corrected chi connectivity index (χ2v) is 5.32. The van der Waals surface area contributed by atoms with Crippen molar-refractivity contribution in [1.29, 1.82) is 0 Å². The van der Waals surface area contributed by atoms with Crippen molar-refractivity contribution in [1.82, 2.24) is 0 Å². The highest BCUT2D eigenvalue weighted by atomic mass is 16.1. The highest BCUT2D eigenvalue weighted by molar-refractivity contribution is 6.00. The third-order valence-electron chi connectivity index (χ3n) is 3.28. The number of Topliss-reactive ketones (excluding diaryl/α,β-unsaturated/α-hetero) is 1. The summed E-state index contributed by atoms with van der Waals surface area (Å²) in [5.74, 6) is 0.682. The van der Waals surface area contributed by atoms with Crippen molar-refractivity contribution in [3.05, 3.63) is 71.8 Å². The fourth-order valence-corrected chi connectivity index (χ4v) is 2.35. The van der Waals surface area contributed by atoms with Crippen molar-refractivity contribution < 1.29 is 4.79 Å². The molecule has 0 spiro atoms. The zero-order valence-electron chi connectivity index (χ0n) is 11.5. The molecule has 0 N–H and O–H groups in total. The van der Waals surface area contributed by atoms with E-state index in [4.69, 9.17) is 0 Å². The molecule has 2 aromatic carbocycles. The fraction of sp³-hybridized carbons (Fsp3) is 0.278. The van der Waals surface area contributed by atoms with Crippen LogP contribution in [-0.4, -0.2) is 5.78 Å². The van der Waals surface area contributed by atoms with Gasteiger partial charge in [0.25, 0.3) is 0 Å². The van der Waals surface area contributed by atoms with Gasteiger partial charge in [-0.1, -0.05) is 74.5 Å². The predicted molar refractivity (Wildman–Crippen MR) is 79.4 cm³/mol. The van der Waals surface area contributed by atoms with E-state index in [-0.39, 0.29) is 11.7 Å². The maximum Gasteiger partial charge on any atom is 0.170 e. The Bertz CT molecular complexity index is 514. The Morgan fingerprint density at radius 3 is 1.95 bits per heavy atom. The summed E-state index contributed by atoms with van der Waals surface area (Å²) in [7, 11) is 0. The Hall–Kier alpha value is -1.89. The van der Waals surface area contributed by atoms with Gasteiger partial charge in [-0.2, -0.15) is 0 Å². The van der Waals surface area contributed by atoms with E-state index in [0.29, 0.717) is 5.92 Å². The lowest BCUT2D eigenvalue weighted by atomic mass is 9.84. The molecule has 0 amide bonds. The van der Waals surface area contributed by atoms with Gasteiger partial charge in [0.2, 0.25) is 0 Å². The van der Waals surface area contributed by atoms with Gasteiger partial charge in [0.1, 0.15) is 0 Å². The molecule has 2 aromatic rings. The molecule has 0 aliphatic heterocycles. The molecule has 1 atom stereocenters. The Labute approximate surface area is 115 Å². The molecule has 0 saturated carbocycles. The fourth-order valence-electron chi connectivity index (χ4n) is 2.35. The Balaban J connectivity index is 2.31. The predicted octanol–water partition coefficient (Wildman–Crippen LogP) is 4.70. The molecule has 98 valence electrons. The average molecular weight is 252 g/mol. The van der Waals surface area contributed by atoms with Crippen molar-refractivity contribution in [3.63, 3.8) is 0 Å². The third kappa shape index (κ3) is 3.54. The van der Waals surface area contributed by atoms with Crippen LogP contribution in [0.5, 0.6) is 0 Å². The molecule has 0 aliphatic carbocycles. The number of benzene rings is 2. The van der Waals surface area contributed by atoms with E-state index in [1.807, 2.05) is 60.7 Å². The van der Waals surface area contributed by atoms with Gasteiger partial charge >= 0.3 is 0 Å². The molecule has 0 heterocycles. The molecule has 0 bridgehead atoms. The smallest absolute Gasteiger partial charge is 0.170 e. The molecule has 0 aliphatic rings. The summed E-state index contributed by atoms with van der Waals surface area (Å²) in [6.07, 6.45) is 0.887. The van der Waals surface area contributed by atoms with Crippen molar-refractivity contribution >= 4 is 5.78 Å². The summed E-state index contributed by atoms with van der Waals surface area (Å²) < 4.78 is 0. The number of carbonyl (C=O) groups excluding carboxylic acids is 1. The molecular formula is C18H20O. The van der Waals surface area contributed by atoms with Crippen LogP contribution in [0.4, 0.5) is 0 Å². The second-order valence-electron chi connectivity index (χ2n) is 5.32. The second kappa shape index (κ2) is 6.33. The standard InChI is InChI=1S/C18H20O/c1-14(2)13-17(15-9-5-3-6-10-15)18(19)16-11-7-4-8-12-16/h3-12,14,17H,13H2,1-2H3/t17-/m1/s1. The quantitative estimate of drug-likeness (QED) is 0.705. The average Bonchev–Trinajstić information content (AvgIpc) is 2.46. The first kappa shape index (κ1) is 13.5. The number of rotatable bonds is 5. The van der Waals surface area contributed by atoms with Crippen LogP contribution in [0.15, 0.2) is 60.7 Å². The van der Waals surface area contributed by atoms with Gasteiger partial charge in [-0.15, -0.1) is 0 Å². The minimum absolute atomic E-state index is 0.0383. The summed E-state index contributed by atoms with van der Waals surface area (Å²) in [4.78, 5) is 12.7. The normalized spacial score (nSPS) is 12.4. The highest BCUT2D eigenvalue weighted by Crippen LogP contribution is 2.27. The monoisotopic (exact) mass is 252 g/mol. The van der Waals surface area contributed by atoms with Crippen LogP contribution in [-0.2, 0) is 0 Å². The van der Waals surface area contributed by atoms with Crippen molar-refractivity contribution in [3.8, 4) is 0 Å². The van der Waals surface area contributed by atoms with Crippen LogP contribution >= 0.6 is 0 Å². The minimum atomic E-state index is -0.0383. The van der Waals surface area contributed by atoms with Gasteiger partial charge in [0.05, 0.1) is 0 Å². The Kier molecular flexibility index (Phi) is 4.51. The summed E-state index contributed by atoms with van der Waals surface area (Å²) in [5.41, 5.74) is 1.92. The van der Waals surface area contributed by atoms with Crippen molar-refractivity contribution in [2.75, 3.05) is 0 Å². The zero-order chi connectivity index (χ0) is 13.7. The highest BCUT2D eigenvalue weighted by Gasteiger charge is 2.22. The van der Waals surface area contributed by atoms with E-state index in [1.54, 1.807) is 0 Å². The maximum atomic E-state index is 12.7. The number of hydrogen-bond donors (Lipinski definition) is 0. The minimum Gasteiger partial charge on any atom is -0.293 e. The molecule has 19 heavy (non-hydrogen) atoms.